The number of carbonyl (C=O) groups excluding carboxylic acids is 1. The number of halogens is 1. The number of aliphatic hydroxyl groups is 1. The fourth-order valence-electron chi connectivity index (χ4n) is 4.53. The van der Waals surface area contributed by atoms with E-state index >= 15 is 0 Å². The zero-order chi connectivity index (χ0) is 25.7. The summed E-state index contributed by atoms with van der Waals surface area (Å²) in [5.41, 5.74) is 5.62. The molecule has 0 fully saturated rings. The zero-order valence-electron chi connectivity index (χ0n) is 21.1. The molecule has 194 valence electrons. The van der Waals surface area contributed by atoms with Crippen LogP contribution in [0.1, 0.15) is 22.4 Å². The third kappa shape index (κ3) is 6.01. The summed E-state index contributed by atoms with van der Waals surface area (Å²) in [5.74, 6) is -0.0899. The summed E-state index contributed by atoms with van der Waals surface area (Å²) < 4.78 is 17.7. The first-order valence-electron chi connectivity index (χ1n) is 12.2. The molecule has 3 N–H and O–H groups in total. The highest BCUT2D eigenvalue weighted by Gasteiger charge is 2.27. The number of fused-ring (bicyclic) bond motifs is 2. The van der Waals surface area contributed by atoms with E-state index in [-0.39, 0.29) is 25.5 Å². The van der Waals surface area contributed by atoms with Gasteiger partial charge in [-0.25, -0.2) is 9.40 Å². The zero-order valence-corrected chi connectivity index (χ0v) is 21.1. The monoisotopic (exact) mass is 498 g/mol. The van der Waals surface area contributed by atoms with E-state index in [4.69, 9.17) is 4.52 Å². The lowest BCUT2D eigenvalue weighted by Gasteiger charge is -2.33. The first kappa shape index (κ1) is 26.0. The van der Waals surface area contributed by atoms with Crippen LogP contribution in [0.4, 0.5) is 10.1 Å². The molecule has 36 heavy (non-hydrogen) atoms. The van der Waals surface area contributed by atoms with Crippen molar-refractivity contribution < 1.29 is 18.8 Å². The van der Waals surface area contributed by atoms with E-state index in [1.165, 1.54) is 11.1 Å². The van der Waals surface area contributed by atoms with Crippen molar-refractivity contribution in [3.63, 3.8) is 0 Å². The number of rotatable bonds is 12. The molecule has 1 aliphatic heterocycles. The van der Waals surface area contributed by atoms with Crippen LogP contribution < -0.4 is 15.5 Å². The fraction of sp³-hybridized carbons (Fsp3) is 0.462. The summed E-state index contributed by atoms with van der Waals surface area (Å²) in [6.45, 7) is 6.31. The van der Waals surface area contributed by atoms with Crippen molar-refractivity contribution in [2.45, 2.75) is 33.2 Å². The van der Waals surface area contributed by atoms with E-state index in [2.05, 4.69) is 27.9 Å². The van der Waals surface area contributed by atoms with Gasteiger partial charge in [0, 0.05) is 56.9 Å². The molecule has 1 aliphatic rings. The summed E-state index contributed by atoms with van der Waals surface area (Å²) >= 11 is 0. The van der Waals surface area contributed by atoms with E-state index in [1.807, 2.05) is 48.0 Å². The first-order valence-corrected chi connectivity index (χ1v) is 12.2. The quantitative estimate of drug-likeness (QED) is 0.258. The number of nitrogens with zero attached hydrogens (tertiary/aromatic N) is 4. The van der Waals surface area contributed by atoms with Crippen LogP contribution in [0.15, 0.2) is 40.9 Å². The van der Waals surface area contributed by atoms with Crippen molar-refractivity contribution in [1.82, 2.24) is 25.8 Å². The molecule has 0 saturated carbocycles. The van der Waals surface area contributed by atoms with Gasteiger partial charge in [0.25, 0.3) is 5.91 Å². The molecule has 2 heterocycles. The van der Waals surface area contributed by atoms with Gasteiger partial charge in [0.2, 0.25) is 0 Å². The Morgan fingerprint density at radius 2 is 1.92 bits per heavy atom. The molecule has 10 heteroatoms. The van der Waals surface area contributed by atoms with Gasteiger partial charge in [-0.2, -0.15) is 0 Å². The van der Waals surface area contributed by atoms with E-state index in [9.17, 15) is 14.3 Å². The topological polar surface area (TPSA) is 97.1 Å². The first-order chi connectivity index (χ1) is 17.4. The molecular weight excluding hydrogens is 463 g/mol. The van der Waals surface area contributed by atoms with Gasteiger partial charge in [0.15, 0.2) is 5.58 Å². The number of aromatic nitrogens is 1. The number of benzene rings is 2. The van der Waals surface area contributed by atoms with E-state index in [1.54, 1.807) is 12.1 Å². The minimum absolute atomic E-state index is 0.0711. The molecular formula is C26H35FN6O3. The Kier molecular flexibility index (Phi) is 8.52. The number of hydrazine groups is 1. The largest absolute Gasteiger partial charge is 0.377 e. The highest BCUT2D eigenvalue weighted by molar-refractivity contribution is 5.87. The number of carbonyl (C=O) groups is 1. The molecule has 0 spiro atoms. The number of likely N-dealkylation sites (N-methyl/N-ethyl adjacent to an activating group) is 1. The van der Waals surface area contributed by atoms with E-state index in [0.29, 0.717) is 31.8 Å². The second kappa shape index (κ2) is 11.8. The van der Waals surface area contributed by atoms with Crippen molar-refractivity contribution in [3.05, 3.63) is 58.8 Å². The number of anilines is 1. The van der Waals surface area contributed by atoms with Gasteiger partial charge in [0.1, 0.15) is 12.9 Å². The smallest absolute Gasteiger partial charge is 0.256 e. The van der Waals surface area contributed by atoms with Gasteiger partial charge in [-0.05, 0) is 36.6 Å². The summed E-state index contributed by atoms with van der Waals surface area (Å²) in [6.07, 6.45) is -0.891. The minimum atomic E-state index is -0.891. The minimum Gasteiger partial charge on any atom is -0.377 e. The number of amides is 1. The van der Waals surface area contributed by atoms with Crippen molar-refractivity contribution in [2.75, 3.05) is 51.3 Å². The molecule has 1 unspecified atom stereocenters. The van der Waals surface area contributed by atoms with Crippen molar-refractivity contribution in [1.29, 1.82) is 0 Å². The number of hydrogen-bond acceptors (Lipinski definition) is 8. The number of aryl methyl sites for hydroxylation is 2. The average Bonchev–Trinajstić information content (AvgIpc) is 3.46. The van der Waals surface area contributed by atoms with Gasteiger partial charge in [-0.1, -0.05) is 29.4 Å². The second-order valence-electron chi connectivity index (χ2n) is 9.20. The van der Waals surface area contributed by atoms with Crippen molar-refractivity contribution >= 4 is 22.6 Å². The van der Waals surface area contributed by atoms with Crippen LogP contribution in [0.25, 0.3) is 11.0 Å². The van der Waals surface area contributed by atoms with E-state index < -0.39 is 12.9 Å². The normalized spacial score (nSPS) is 14.2. The lowest BCUT2D eigenvalue weighted by Crippen LogP contribution is -2.49. The highest BCUT2D eigenvalue weighted by Crippen LogP contribution is 2.29. The second-order valence-corrected chi connectivity index (χ2v) is 9.20. The molecule has 1 amide bonds. The number of nitrogens with one attached hydrogen (secondary N) is 2. The lowest BCUT2D eigenvalue weighted by molar-refractivity contribution is -0.145. The third-order valence-corrected chi connectivity index (χ3v) is 6.59. The van der Waals surface area contributed by atoms with Gasteiger partial charge >= 0.3 is 0 Å². The van der Waals surface area contributed by atoms with Crippen LogP contribution in [-0.4, -0.2) is 78.9 Å². The summed E-state index contributed by atoms with van der Waals surface area (Å²) in [7, 11) is 1.79. The Bertz CT molecular complexity index is 1160. The Balaban J connectivity index is 1.49. The van der Waals surface area contributed by atoms with Gasteiger partial charge < -0.3 is 19.8 Å². The average molecular weight is 499 g/mol. The summed E-state index contributed by atoms with van der Waals surface area (Å²) in [6, 6.07) is 12.1. The Morgan fingerprint density at radius 1 is 1.19 bits per heavy atom. The van der Waals surface area contributed by atoms with Crippen LogP contribution in [0, 0.1) is 13.8 Å². The van der Waals surface area contributed by atoms with E-state index in [0.717, 1.165) is 22.3 Å². The van der Waals surface area contributed by atoms with Crippen molar-refractivity contribution in [2.24, 2.45) is 0 Å². The molecule has 9 nitrogen and oxygen atoms in total. The van der Waals surface area contributed by atoms with Crippen LogP contribution in [0.5, 0.6) is 0 Å². The molecule has 3 aromatic rings. The molecule has 0 saturated heterocycles. The molecule has 4 rings (SSSR count). The Hall–Kier alpha value is -3.05. The molecule has 2 aromatic carbocycles. The molecule has 0 bridgehead atoms. The standard InChI is InChI=1S/C26H35FN6O3/c1-18-12-22-19(2)30-36-24(22)13-23(18)32(16-25(34)29-11-10-28-9-8-27)17-26(35)31(3)33-14-20-6-4-5-7-21(20)15-33/h4-7,12-13,25,28-29,34H,8-11,14-17H2,1-3H3. The molecule has 1 atom stereocenters. The number of hydrogen-bond donors (Lipinski definition) is 3. The molecule has 0 aliphatic carbocycles. The van der Waals surface area contributed by atoms with Crippen molar-refractivity contribution in [3.8, 4) is 0 Å². The molecule has 1 aromatic heterocycles. The third-order valence-electron chi connectivity index (χ3n) is 6.59. The fourth-order valence-corrected chi connectivity index (χ4v) is 4.53. The van der Waals surface area contributed by atoms with Crippen LogP contribution in [0.2, 0.25) is 0 Å². The van der Waals surface area contributed by atoms with Gasteiger partial charge in [-0.3, -0.25) is 15.1 Å². The van der Waals surface area contributed by atoms with Crippen LogP contribution >= 0.6 is 0 Å². The number of aliphatic hydroxyl groups excluding tert-OH is 1. The lowest BCUT2D eigenvalue weighted by atomic mass is 10.1. The molecule has 0 radical (unpaired) electrons. The SMILES string of the molecule is Cc1cc2c(C)noc2cc1N(CC(=O)N(C)N1Cc2ccccc2C1)CC(O)NCCNCCF. The summed E-state index contributed by atoms with van der Waals surface area (Å²) in [5, 5.41) is 25.3. The maximum atomic E-state index is 13.4. The van der Waals surface area contributed by atoms with Crippen LogP contribution in [0.3, 0.4) is 0 Å². The predicted octanol–water partition coefficient (Wildman–Crippen LogP) is 2.11. The highest BCUT2D eigenvalue weighted by atomic mass is 19.1. The van der Waals surface area contributed by atoms with Crippen LogP contribution in [-0.2, 0) is 17.9 Å². The summed E-state index contributed by atoms with van der Waals surface area (Å²) in [4.78, 5) is 15.3. The maximum Gasteiger partial charge on any atom is 0.256 e. The Labute approximate surface area is 210 Å². The predicted molar refractivity (Wildman–Crippen MR) is 137 cm³/mol. The number of alkyl halides is 1. The van der Waals surface area contributed by atoms with Gasteiger partial charge in [0.05, 0.1) is 18.8 Å². The van der Waals surface area contributed by atoms with Gasteiger partial charge in [-0.15, -0.1) is 0 Å². The maximum absolute atomic E-state index is 13.4. The Morgan fingerprint density at radius 3 is 2.61 bits per heavy atom.